The number of amides is 1. The van der Waals surface area contributed by atoms with E-state index in [2.05, 4.69) is 5.32 Å². The van der Waals surface area contributed by atoms with Crippen LogP contribution in [-0.4, -0.2) is 33.2 Å². The summed E-state index contributed by atoms with van der Waals surface area (Å²) in [6.45, 7) is 0.526. The highest BCUT2D eigenvalue weighted by molar-refractivity contribution is 7.91. The molecule has 0 radical (unpaired) electrons. The molecule has 0 bridgehead atoms. The summed E-state index contributed by atoms with van der Waals surface area (Å²) in [7, 11) is -3.52. The molecule has 1 fully saturated rings. The van der Waals surface area contributed by atoms with Crippen LogP contribution in [0.3, 0.4) is 0 Å². The van der Waals surface area contributed by atoms with Crippen molar-refractivity contribution in [2.24, 2.45) is 17.6 Å². The zero-order chi connectivity index (χ0) is 16.2. The minimum atomic E-state index is -3.52. The van der Waals surface area contributed by atoms with Gasteiger partial charge in [0.05, 0.1) is 10.6 Å². The number of nitrogens with one attached hydrogen (secondary N) is 1. The van der Waals surface area contributed by atoms with Gasteiger partial charge in [0.25, 0.3) is 0 Å². The van der Waals surface area contributed by atoms with Gasteiger partial charge in [0.15, 0.2) is 9.84 Å². The molecule has 7 heteroatoms. The minimum absolute atomic E-state index is 0.0480. The average molecular weight is 328 g/mol. The summed E-state index contributed by atoms with van der Waals surface area (Å²) < 4.78 is 37.0. The number of carbonyl (C=O) groups excluding carboxylic acids is 1. The smallest absolute Gasteiger partial charge is 0.223 e. The van der Waals surface area contributed by atoms with E-state index in [0.717, 1.165) is 31.4 Å². The Kier molecular flexibility index (Phi) is 5.52. The van der Waals surface area contributed by atoms with E-state index in [1.54, 1.807) is 0 Å². The normalized spacial score (nSPS) is 21.7. The van der Waals surface area contributed by atoms with Gasteiger partial charge in [0.2, 0.25) is 5.91 Å². The van der Waals surface area contributed by atoms with Crippen LogP contribution in [0.5, 0.6) is 0 Å². The van der Waals surface area contributed by atoms with E-state index in [1.807, 2.05) is 0 Å². The predicted octanol–water partition coefficient (Wildman–Crippen LogP) is 1.09. The van der Waals surface area contributed by atoms with Gasteiger partial charge >= 0.3 is 0 Å². The van der Waals surface area contributed by atoms with Crippen molar-refractivity contribution in [2.75, 3.05) is 18.8 Å². The molecule has 0 aromatic heterocycles. The van der Waals surface area contributed by atoms with Crippen molar-refractivity contribution < 1.29 is 17.6 Å². The monoisotopic (exact) mass is 328 g/mol. The van der Waals surface area contributed by atoms with Gasteiger partial charge in [-0.25, -0.2) is 12.8 Å². The second-order valence-electron chi connectivity index (χ2n) is 5.60. The summed E-state index contributed by atoms with van der Waals surface area (Å²) in [5.74, 6) is -0.736. The number of carbonyl (C=O) groups is 1. The van der Waals surface area contributed by atoms with Crippen LogP contribution >= 0.6 is 0 Å². The molecule has 1 aromatic rings. The molecule has 0 unspecified atom stereocenters. The summed E-state index contributed by atoms with van der Waals surface area (Å²) in [6.07, 6.45) is 2.73. The van der Waals surface area contributed by atoms with Gasteiger partial charge in [-0.3, -0.25) is 4.79 Å². The standard InChI is InChI=1S/C15H21FN2O3S/c16-12-4-6-13(7-5-12)22(20,21)9-8-18-15(19)14-3-1-2-11(14)10-17/h4-7,11,14H,1-3,8-10,17H2,(H,18,19)/t11-,14-/m1/s1. The molecule has 22 heavy (non-hydrogen) atoms. The van der Waals surface area contributed by atoms with Gasteiger partial charge in [-0.2, -0.15) is 0 Å². The third kappa shape index (κ3) is 4.04. The van der Waals surface area contributed by atoms with Gasteiger partial charge in [-0.05, 0) is 49.6 Å². The molecule has 0 aliphatic heterocycles. The Morgan fingerprint density at radius 1 is 1.27 bits per heavy atom. The fraction of sp³-hybridized carbons (Fsp3) is 0.533. The first-order valence-electron chi connectivity index (χ1n) is 7.40. The molecule has 1 aliphatic carbocycles. The predicted molar refractivity (Wildman–Crippen MR) is 81.3 cm³/mol. The van der Waals surface area contributed by atoms with E-state index >= 15 is 0 Å². The molecular weight excluding hydrogens is 307 g/mol. The van der Waals surface area contributed by atoms with Crippen molar-refractivity contribution in [1.82, 2.24) is 5.32 Å². The van der Waals surface area contributed by atoms with Crippen LogP contribution in [-0.2, 0) is 14.6 Å². The van der Waals surface area contributed by atoms with E-state index in [-0.39, 0.29) is 34.9 Å². The molecule has 0 saturated heterocycles. The van der Waals surface area contributed by atoms with E-state index < -0.39 is 15.7 Å². The summed E-state index contributed by atoms with van der Waals surface area (Å²) in [4.78, 5) is 12.1. The lowest BCUT2D eigenvalue weighted by molar-refractivity contribution is -0.125. The molecule has 2 atom stereocenters. The SMILES string of the molecule is NC[C@H]1CCC[C@H]1C(=O)NCCS(=O)(=O)c1ccc(F)cc1. The maximum absolute atomic E-state index is 12.8. The number of hydrogen-bond donors (Lipinski definition) is 2. The Hall–Kier alpha value is -1.47. The molecule has 3 N–H and O–H groups in total. The lowest BCUT2D eigenvalue weighted by atomic mass is 9.95. The first-order valence-corrected chi connectivity index (χ1v) is 9.05. The fourth-order valence-electron chi connectivity index (χ4n) is 2.86. The van der Waals surface area contributed by atoms with Crippen molar-refractivity contribution in [1.29, 1.82) is 0 Å². The van der Waals surface area contributed by atoms with Crippen LogP contribution in [0.2, 0.25) is 0 Å². The molecule has 1 amide bonds. The fourth-order valence-corrected chi connectivity index (χ4v) is 4.02. The first kappa shape index (κ1) is 16.9. The molecule has 5 nitrogen and oxygen atoms in total. The van der Waals surface area contributed by atoms with Crippen molar-refractivity contribution in [3.05, 3.63) is 30.1 Å². The largest absolute Gasteiger partial charge is 0.355 e. The molecule has 0 spiro atoms. The minimum Gasteiger partial charge on any atom is -0.355 e. The Balaban J connectivity index is 1.87. The number of nitrogens with two attached hydrogens (primary N) is 1. The second kappa shape index (κ2) is 7.19. The molecule has 0 heterocycles. The van der Waals surface area contributed by atoms with Crippen LogP contribution in [0.25, 0.3) is 0 Å². The van der Waals surface area contributed by atoms with E-state index in [4.69, 9.17) is 5.73 Å². The number of hydrogen-bond acceptors (Lipinski definition) is 4. The molecule has 2 rings (SSSR count). The van der Waals surface area contributed by atoms with Gasteiger partial charge in [-0.15, -0.1) is 0 Å². The van der Waals surface area contributed by atoms with Crippen molar-refractivity contribution in [3.63, 3.8) is 0 Å². The Labute approximate surface area is 130 Å². The van der Waals surface area contributed by atoms with E-state index in [1.165, 1.54) is 12.1 Å². The lowest BCUT2D eigenvalue weighted by Gasteiger charge is -2.17. The summed E-state index contributed by atoms with van der Waals surface area (Å²) in [5.41, 5.74) is 5.64. The third-order valence-corrected chi connectivity index (χ3v) is 5.87. The number of benzene rings is 1. The zero-order valence-corrected chi connectivity index (χ0v) is 13.1. The highest BCUT2D eigenvalue weighted by atomic mass is 32.2. The van der Waals surface area contributed by atoms with Crippen molar-refractivity contribution >= 4 is 15.7 Å². The number of rotatable bonds is 6. The van der Waals surface area contributed by atoms with E-state index in [9.17, 15) is 17.6 Å². The molecule has 1 saturated carbocycles. The highest BCUT2D eigenvalue weighted by Crippen LogP contribution is 2.30. The van der Waals surface area contributed by atoms with Gasteiger partial charge in [0.1, 0.15) is 5.82 Å². The highest BCUT2D eigenvalue weighted by Gasteiger charge is 2.31. The molecule has 1 aliphatic rings. The van der Waals surface area contributed by atoms with Crippen LogP contribution < -0.4 is 11.1 Å². The summed E-state index contributed by atoms with van der Waals surface area (Å²) >= 11 is 0. The molecular formula is C15H21FN2O3S. The zero-order valence-electron chi connectivity index (χ0n) is 12.3. The Morgan fingerprint density at radius 2 is 1.95 bits per heavy atom. The van der Waals surface area contributed by atoms with Crippen molar-refractivity contribution in [3.8, 4) is 0 Å². The quantitative estimate of drug-likeness (QED) is 0.765. The third-order valence-electron chi connectivity index (χ3n) is 4.14. The van der Waals surface area contributed by atoms with Gasteiger partial charge in [-0.1, -0.05) is 6.42 Å². The number of halogens is 1. The molecule has 1 aromatic carbocycles. The topological polar surface area (TPSA) is 89.3 Å². The van der Waals surface area contributed by atoms with Gasteiger partial charge < -0.3 is 11.1 Å². The maximum atomic E-state index is 12.8. The summed E-state index contributed by atoms with van der Waals surface area (Å²) in [6, 6.07) is 4.67. The van der Waals surface area contributed by atoms with Gasteiger partial charge in [0, 0.05) is 12.5 Å². The van der Waals surface area contributed by atoms with Crippen LogP contribution in [0.15, 0.2) is 29.2 Å². The van der Waals surface area contributed by atoms with Crippen LogP contribution in [0.4, 0.5) is 4.39 Å². The molecule has 122 valence electrons. The van der Waals surface area contributed by atoms with Crippen molar-refractivity contribution in [2.45, 2.75) is 24.2 Å². The lowest BCUT2D eigenvalue weighted by Crippen LogP contribution is -2.37. The van der Waals surface area contributed by atoms with Crippen LogP contribution in [0, 0.1) is 17.7 Å². The van der Waals surface area contributed by atoms with E-state index in [0.29, 0.717) is 6.54 Å². The summed E-state index contributed by atoms with van der Waals surface area (Å²) in [5, 5.41) is 2.68. The average Bonchev–Trinajstić information content (AvgIpc) is 2.96. The first-order chi connectivity index (χ1) is 10.4. The van der Waals surface area contributed by atoms with Crippen LogP contribution in [0.1, 0.15) is 19.3 Å². The number of sulfone groups is 1. The Morgan fingerprint density at radius 3 is 2.59 bits per heavy atom. The second-order valence-corrected chi connectivity index (χ2v) is 7.71. The maximum Gasteiger partial charge on any atom is 0.223 e. The Bertz CT molecular complexity index is 616.